The van der Waals surface area contributed by atoms with Gasteiger partial charge in [0, 0.05) is 5.56 Å². The molecule has 1 aromatic rings. The largest absolute Gasteiger partial charge is 0.475 e. The van der Waals surface area contributed by atoms with Gasteiger partial charge in [0.1, 0.15) is 0 Å². The van der Waals surface area contributed by atoms with Crippen LogP contribution in [-0.2, 0) is 11.2 Å². The molecule has 0 saturated carbocycles. The molecule has 3 nitrogen and oxygen atoms in total. The summed E-state index contributed by atoms with van der Waals surface area (Å²) in [5, 5.41) is 8.43. The summed E-state index contributed by atoms with van der Waals surface area (Å²) < 4.78 is 36.4. The summed E-state index contributed by atoms with van der Waals surface area (Å²) in [7, 11) is 0. The van der Waals surface area contributed by atoms with Gasteiger partial charge in [-0.3, -0.25) is 4.79 Å². The van der Waals surface area contributed by atoms with Crippen molar-refractivity contribution in [3.63, 3.8) is 0 Å². The minimum atomic E-state index is -4.48. The van der Waals surface area contributed by atoms with E-state index in [4.69, 9.17) is 5.11 Å². The zero-order valence-corrected chi connectivity index (χ0v) is 7.91. The lowest BCUT2D eigenvalue weighted by atomic mass is 10.0. The van der Waals surface area contributed by atoms with E-state index in [0.29, 0.717) is 0 Å². The first-order valence-corrected chi connectivity index (χ1v) is 4.23. The maximum atomic E-state index is 12.1. The van der Waals surface area contributed by atoms with Gasteiger partial charge in [0.05, 0.1) is 6.42 Å². The quantitative estimate of drug-likeness (QED) is 0.641. The molecule has 0 aliphatic carbocycles. The van der Waals surface area contributed by atoms with Crippen molar-refractivity contribution in [3.05, 3.63) is 35.4 Å². The van der Waals surface area contributed by atoms with Crippen LogP contribution in [0.2, 0.25) is 0 Å². The lowest BCUT2D eigenvalue weighted by Gasteiger charge is -2.09. The topological polar surface area (TPSA) is 54.4 Å². The number of rotatable bonds is 3. The molecule has 86 valence electrons. The van der Waals surface area contributed by atoms with E-state index >= 15 is 0 Å². The van der Waals surface area contributed by atoms with Gasteiger partial charge >= 0.3 is 12.1 Å². The van der Waals surface area contributed by atoms with Gasteiger partial charge < -0.3 is 5.11 Å². The Kier molecular flexibility index (Phi) is 3.31. The van der Waals surface area contributed by atoms with Crippen LogP contribution in [0.15, 0.2) is 24.3 Å². The lowest BCUT2D eigenvalue weighted by Crippen LogP contribution is -2.19. The number of carboxylic acid groups (broad SMARTS) is 1. The van der Waals surface area contributed by atoms with Gasteiger partial charge in [-0.15, -0.1) is 0 Å². The summed E-state index contributed by atoms with van der Waals surface area (Å²) in [6.45, 7) is 0. The van der Waals surface area contributed by atoms with Crippen LogP contribution >= 0.6 is 0 Å². The van der Waals surface area contributed by atoms with E-state index in [9.17, 15) is 22.8 Å². The summed E-state index contributed by atoms with van der Waals surface area (Å²) in [6, 6.07) is 4.79. The molecule has 0 aliphatic rings. The molecule has 16 heavy (non-hydrogen) atoms. The fourth-order valence-electron chi connectivity index (χ4n) is 1.23. The third kappa shape index (κ3) is 3.08. The highest BCUT2D eigenvalue weighted by atomic mass is 19.4. The minimum Gasteiger partial charge on any atom is -0.475 e. The Labute approximate surface area is 88.5 Å². The second-order valence-corrected chi connectivity index (χ2v) is 3.08. The normalized spacial score (nSPS) is 11.2. The zero-order valence-electron chi connectivity index (χ0n) is 7.91. The van der Waals surface area contributed by atoms with Gasteiger partial charge in [-0.05, 0) is 5.56 Å². The second kappa shape index (κ2) is 4.34. The number of hydrogen-bond acceptors (Lipinski definition) is 2. The fraction of sp³-hybridized carbons (Fsp3) is 0.200. The molecule has 0 radical (unpaired) electrons. The van der Waals surface area contributed by atoms with Crippen LogP contribution in [0.1, 0.15) is 15.9 Å². The van der Waals surface area contributed by atoms with Crippen molar-refractivity contribution >= 4 is 11.8 Å². The number of carbonyl (C=O) groups is 2. The SMILES string of the molecule is O=C(O)C(=O)c1ccccc1CC(F)(F)F. The molecule has 0 bridgehead atoms. The number of carboxylic acids is 1. The Balaban J connectivity index is 3.10. The third-order valence-electron chi connectivity index (χ3n) is 1.85. The van der Waals surface area contributed by atoms with Crippen LogP contribution in [0.25, 0.3) is 0 Å². The first kappa shape index (κ1) is 12.2. The average Bonchev–Trinajstić information content (AvgIpc) is 2.15. The van der Waals surface area contributed by atoms with E-state index in [1.165, 1.54) is 12.1 Å². The Morgan fingerprint density at radius 1 is 1.19 bits per heavy atom. The molecular formula is C10H7F3O3. The number of benzene rings is 1. The van der Waals surface area contributed by atoms with Gasteiger partial charge in [0.2, 0.25) is 0 Å². The highest BCUT2D eigenvalue weighted by Crippen LogP contribution is 2.23. The first-order chi connectivity index (χ1) is 7.31. The van der Waals surface area contributed by atoms with Crippen molar-refractivity contribution in [2.75, 3.05) is 0 Å². The summed E-state index contributed by atoms with van der Waals surface area (Å²) in [5.41, 5.74) is -0.755. The van der Waals surface area contributed by atoms with E-state index in [1.54, 1.807) is 0 Å². The highest BCUT2D eigenvalue weighted by molar-refractivity contribution is 6.40. The Bertz CT molecular complexity index is 424. The van der Waals surface area contributed by atoms with Gasteiger partial charge in [0.25, 0.3) is 5.78 Å². The number of alkyl halides is 3. The van der Waals surface area contributed by atoms with Crippen molar-refractivity contribution in [3.8, 4) is 0 Å². The predicted octanol–water partition coefficient (Wildman–Crippen LogP) is 2.06. The Morgan fingerprint density at radius 2 is 1.75 bits per heavy atom. The van der Waals surface area contributed by atoms with Crippen LogP contribution in [0.3, 0.4) is 0 Å². The maximum absolute atomic E-state index is 12.1. The van der Waals surface area contributed by atoms with E-state index in [0.717, 1.165) is 12.1 Å². The predicted molar refractivity (Wildman–Crippen MR) is 48.2 cm³/mol. The summed E-state index contributed by atoms with van der Waals surface area (Å²) in [5.74, 6) is -3.10. The summed E-state index contributed by atoms with van der Waals surface area (Å²) in [4.78, 5) is 21.5. The monoisotopic (exact) mass is 232 g/mol. The number of ketones is 1. The fourth-order valence-corrected chi connectivity index (χ4v) is 1.23. The Morgan fingerprint density at radius 3 is 2.25 bits per heavy atom. The van der Waals surface area contributed by atoms with E-state index in [2.05, 4.69) is 0 Å². The number of aliphatic carboxylic acids is 1. The number of halogens is 3. The zero-order chi connectivity index (χ0) is 12.3. The third-order valence-corrected chi connectivity index (χ3v) is 1.85. The lowest BCUT2D eigenvalue weighted by molar-refractivity contribution is -0.132. The minimum absolute atomic E-state index is 0.331. The smallest absolute Gasteiger partial charge is 0.393 e. The molecule has 1 N–H and O–H groups in total. The molecule has 0 unspecified atom stereocenters. The van der Waals surface area contributed by atoms with E-state index in [-0.39, 0.29) is 5.56 Å². The van der Waals surface area contributed by atoms with E-state index < -0.39 is 29.9 Å². The van der Waals surface area contributed by atoms with Crippen molar-refractivity contribution in [2.45, 2.75) is 12.6 Å². The molecule has 1 rings (SSSR count). The number of carbonyl (C=O) groups excluding carboxylic acids is 1. The van der Waals surface area contributed by atoms with Crippen molar-refractivity contribution < 1.29 is 27.9 Å². The van der Waals surface area contributed by atoms with Crippen molar-refractivity contribution in [1.29, 1.82) is 0 Å². The molecule has 0 heterocycles. The van der Waals surface area contributed by atoms with Crippen LogP contribution in [0.5, 0.6) is 0 Å². The molecule has 0 atom stereocenters. The molecule has 0 saturated heterocycles. The van der Waals surface area contributed by atoms with Crippen molar-refractivity contribution in [2.24, 2.45) is 0 Å². The Hall–Kier alpha value is -1.85. The summed E-state index contributed by atoms with van der Waals surface area (Å²) in [6.07, 6.45) is -5.79. The van der Waals surface area contributed by atoms with Gasteiger partial charge in [-0.1, -0.05) is 24.3 Å². The average molecular weight is 232 g/mol. The molecule has 1 aromatic carbocycles. The molecule has 6 heteroatoms. The maximum Gasteiger partial charge on any atom is 0.393 e. The second-order valence-electron chi connectivity index (χ2n) is 3.08. The first-order valence-electron chi connectivity index (χ1n) is 4.23. The highest BCUT2D eigenvalue weighted by Gasteiger charge is 2.30. The number of Topliss-reactive ketones (excluding diaryl/α,β-unsaturated/α-hetero) is 1. The molecule has 0 fully saturated rings. The van der Waals surface area contributed by atoms with Crippen molar-refractivity contribution in [1.82, 2.24) is 0 Å². The summed E-state index contributed by atoms with van der Waals surface area (Å²) >= 11 is 0. The van der Waals surface area contributed by atoms with E-state index in [1.807, 2.05) is 0 Å². The molecule has 0 amide bonds. The molecule has 0 aromatic heterocycles. The molecule has 0 aliphatic heterocycles. The molecule has 0 spiro atoms. The number of hydrogen-bond donors (Lipinski definition) is 1. The van der Waals surface area contributed by atoms with Crippen LogP contribution in [-0.4, -0.2) is 23.0 Å². The van der Waals surface area contributed by atoms with Gasteiger partial charge in [-0.25, -0.2) is 4.79 Å². The van der Waals surface area contributed by atoms with Crippen LogP contribution in [0, 0.1) is 0 Å². The standard InChI is InChI=1S/C10H7F3O3/c11-10(12,13)5-6-3-1-2-4-7(6)8(14)9(15)16/h1-4H,5H2,(H,15,16). The van der Waals surface area contributed by atoms with Crippen LogP contribution < -0.4 is 0 Å². The van der Waals surface area contributed by atoms with Crippen LogP contribution in [0.4, 0.5) is 13.2 Å². The molecular weight excluding hydrogens is 225 g/mol. The van der Waals surface area contributed by atoms with Gasteiger partial charge in [-0.2, -0.15) is 13.2 Å². The van der Waals surface area contributed by atoms with Gasteiger partial charge in [0.15, 0.2) is 0 Å².